The third kappa shape index (κ3) is 8.02. The zero-order valence-corrected chi connectivity index (χ0v) is 31.9. The SMILES string of the molecule is CN1[CH-]N(c2[c-]cc(C(F)(F)F)cc2)c2ccccc21.CN1[CH-]N(c2[c-]cc(F)cc2)c2ccccc21.CN1[CH-]N(c2[c-]cccc2)c2ccccc21.[Ir]. The smallest absolute Gasteiger partial charge is 0.370 e. The Kier molecular flexibility index (Phi) is 11.5. The first-order valence-corrected chi connectivity index (χ1v) is 16.7. The van der Waals surface area contributed by atoms with E-state index in [1.54, 1.807) is 6.07 Å². The van der Waals surface area contributed by atoms with Crippen LogP contribution in [0.25, 0.3) is 0 Å². The van der Waals surface area contributed by atoms with Crippen molar-refractivity contribution in [3.05, 3.63) is 183 Å². The molecule has 1 radical (unpaired) electrons. The number of alkyl halides is 3. The van der Waals surface area contributed by atoms with Crippen LogP contribution in [0.1, 0.15) is 5.56 Å². The summed E-state index contributed by atoms with van der Waals surface area (Å²) >= 11 is 0. The van der Waals surface area contributed by atoms with Crippen LogP contribution in [-0.4, -0.2) is 21.1 Å². The Morgan fingerprint density at radius 1 is 0.463 bits per heavy atom. The molecule has 0 amide bonds. The summed E-state index contributed by atoms with van der Waals surface area (Å²) in [6, 6.07) is 49.0. The van der Waals surface area contributed by atoms with Gasteiger partial charge in [-0.2, -0.15) is 87.8 Å². The van der Waals surface area contributed by atoms with Crippen molar-refractivity contribution in [2.24, 2.45) is 0 Å². The van der Waals surface area contributed by atoms with Crippen molar-refractivity contribution in [3.8, 4) is 0 Å². The number of para-hydroxylation sites is 7. The van der Waals surface area contributed by atoms with E-state index in [-0.39, 0.29) is 25.9 Å². The normalized spacial score (nSPS) is 14.0. The molecule has 0 N–H and O–H groups in total. The number of hydrogen-bond donors (Lipinski definition) is 0. The van der Waals surface area contributed by atoms with Crippen LogP contribution in [0.15, 0.2) is 133 Å². The van der Waals surface area contributed by atoms with Crippen LogP contribution in [0.4, 0.5) is 68.7 Å². The van der Waals surface area contributed by atoms with E-state index in [2.05, 4.69) is 78.1 Å². The molecule has 6 aromatic rings. The Bertz CT molecular complexity index is 2150. The van der Waals surface area contributed by atoms with Crippen LogP contribution in [0.2, 0.25) is 0 Å². The van der Waals surface area contributed by atoms with Crippen molar-refractivity contribution in [2.45, 2.75) is 6.18 Å². The molecular weight excluding hydrogens is 869 g/mol. The predicted octanol–water partition coefficient (Wildman–Crippen LogP) is 10.7. The zero-order chi connectivity index (χ0) is 37.1. The molecule has 0 saturated heterocycles. The molecule has 6 nitrogen and oxygen atoms in total. The minimum Gasteiger partial charge on any atom is -0.504 e. The van der Waals surface area contributed by atoms with Crippen molar-refractivity contribution in [2.75, 3.05) is 50.5 Å². The van der Waals surface area contributed by atoms with Crippen molar-refractivity contribution >= 4 is 51.2 Å². The molecule has 9 rings (SSSR count). The van der Waals surface area contributed by atoms with Gasteiger partial charge in [-0.15, -0.1) is 41.3 Å². The van der Waals surface area contributed by atoms with Crippen molar-refractivity contribution in [3.63, 3.8) is 0 Å². The van der Waals surface area contributed by atoms with Crippen molar-refractivity contribution in [1.82, 2.24) is 0 Å². The van der Waals surface area contributed by atoms with Crippen LogP contribution in [0.5, 0.6) is 0 Å². The number of fused-ring (bicyclic) bond motifs is 3. The summed E-state index contributed by atoms with van der Waals surface area (Å²) in [6.07, 6.45) is -4.33. The standard InChI is InChI=1S/C15H11F3N2.C14H11FN2.C14H12N2.Ir/c1-19-10-20(14-5-3-2-4-13(14)19)12-8-6-11(7-9-12)15(16,17)18;1-16-10-17(12-8-6-11(15)7-9-12)14-5-3-2-4-13(14)16;1-15-11-16(12-7-3-2-4-8-12)14-10-6-5-9-13(14)15;/h2-8,10H,1H3;2-8,10H,1H3;2-7,9-11H,1H3;/q3*-2;. The minimum absolute atomic E-state index is 0. The van der Waals surface area contributed by atoms with E-state index in [9.17, 15) is 17.6 Å². The molecular formula is C43H34F4IrN6-6. The Labute approximate surface area is 327 Å². The molecule has 0 spiro atoms. The van der Waals surface area contributed by atoms with E-state index in [0.29, 0.717) is 5.69 Å². The maximum atomic E-state index is 12.9. The average molecular weight is 903 g/mol. The summed E-state index contributed by atoms with van der Waals surface area (Å²) in [4.78, 5) is 12.0. The number of rotatable bonds is 3. The van der Waals surface area contributed by atoms with Crippen LogP contribution >= 0.6 is 0 Å². The molecule has 6 aromatic carbocycles. The van der Waals surface area contributed by atoms with Gasteiger partial charge in [0.05, 0.1) is 0 Å². The molecule has 3 aliphatic rings. The molecule has 0 aliphatic carbocycles. The van der Waals surface area contributed by atoms with Gasteiger partial charge in [-0.05, 0) is 57.5 Å². The molecule has 0 atom stereocenters. The fourth-order valence-corrected chi connectivity index (χ4v) is 6.19. The molecule has 3 heterocycles. The van der Waals surface area contributed by atoms with Gasteiger partial charge >= 0.3 is 6.18 Å². The van der Waals surface area contributed by atoms with Gasteiger partial charge in [0.15, 0.2) is 0 Å². The molecule has 0 aromatic heterocycles. The van der Waals surface area contributed by atoms with Crippen LogP contribution in [-0.2, 0) is 26.3 Å². The van der Waals surface area contributed by atoms with Gasteiger partial charge in [-0.1, -0.05) is 42.0 Å². The molecule has 11 heteroatoms. The summed E-state index contributed by atoms with van der Waals surface area (Å²) in [6.45, 7) is 5.87. The molecule has 54 heavy (non-hydrogen) atoms. The number of halogens is 4. The number of anilines is 9. The maximum Gasteiger partial charge on any atom is 0.370 e. The molecule has 0 fully saturated rings. The van der Waals surface area contributed by atoms with Crippen LogP contribution in [0, 0.1) is 44.0 Å². The van der Waals surface area contributed by atoms with E-state index >= 15 is 0 Å². The van der Waals surface area contributed by atoms with Gasteiger partial charge in [0, 0.05) is 60.0 Å². The molecule has 0 unspecified atom stereocenters. The van der Waals surface area contributed by atoms with Gasteiger partial charge in [0.25, 0.3) is 0 Å². The monoisotopic (exact) mass is 903 g/mol. The van der Waals surface area contributed by atoms with E-state index < -0.39 is 11.7 Å². The fourth-order valence-electron chi connectivity index (χ4n) is 6.19. The number of benzene rings is 6. The summed E-state index contributed by atoms with van der Waals surface area (Å²) in [5, 5.41) is 0. The van der Waals surface area contributed by atoms with Crippen LogP contribution in [0.3, 0.4) is 0 Å². The topological polar surface area (TPSA) is 19.4 Å². The first kappa shape index (κ1) is 38.2. The summed E-state index contributed by atoms with van der Waals surface area (Å²) in [7, 11) is 5.94. The van der Waals surface area contributed by atoms with E-state index in [0.717, 1.165) is 46.3 Å². The van der Waals surface area contributed by atoms with E-state index in [1.807, 2.05) is 108 Å². The number of nitrogens with zero attached hydrogens (tertiary/aromatic N) is 6. The van der Waals surface area contributed by atoms with Gasteiger partial charge < -0.3 is 29.4 Å². The Morgan fingerprint density at radius 3 is 1.20 bits per heavy atom. The zero-order valence-electron chi connectivity index (χ0n) is 29.5. The minimum atomic E-state index is -4.33. The average Bonchev–Trinajstić information content (AvgIpc) is 3.83. The number of hydrogen-bond acceptors (Lipinski definition) is 6. The predicted molar refractivity (Wildman–Crippen MR) is 205 cm³/mol. The second-order valence-electron chi connectivity index (χ2n) is 12.4. The van der Waals surface area contributed by atoms with E-state index in [4.69, 9.17) is 0 Å². The Hall–Kier alpha value is -5.51. The Morgan fingerprint density at radius 2 is 0.852 bits per heavy atom. The van der Waals surface area contributed by atoms with Crippen molar-refractivity contribution in [1.29, 1.82) is 0 Å². The van der Waals surface area contributed by atoms with Gasteiger partial charge in [-0.25, -0.2) is 0 Å². The summed E-state index contributed by atoms with van der Waals surface area (Å²) < 4.78 is 50.5. The van der Waals surface area contributed by atoms with Gasteiger partial charge in [0.1, 0.15) is 0 Å². The summed E-state index contributed by atoms with van der Waals surface area (Å²) in [5.74, 6) is -0.269. The summed E-state index contributed by atoms with van der Waals surface area (Å²) in [5.41, 5.74) is 8.35. The Balaban J connectivity index is 0.000000138. The van der Waals surface area contributed by atoms with Crippen molar-refractivity contribution < 1.29 is 37.7 Å². The first-order chi connectivity index (χ1) is 25.6. The second-order valence-corrected chi connectivity index (χ2v) is 12.4. The molecule has 3 aliphatic heterocycles. The second kappa shape index (κ2) is 16.2. The van der Waals surface area contributed by atoms with E-state index in [1.165, 1.54) is 29.6 Å². The molecule has 0 saturated carbocycles. The third-order valence-corrected chi connectivity index (χ3v) is 8.78. The third-order valence-electron chi connectivity index (χ3n) is 8.78. The quantitative estimate of drug-likeness (QED) is 0.129. The van der Waals surface area contributed by atoms with Gasteiger partial charge in [-0.3, -0.25) is 4.39 Å². The first-order valence-electron chi connectivity index (χ1n) is 16.7. The molecule has 0 bridgehead atoms. The maximum absolute atomic E-state index is 12.9. The molecule has 279 valence electrons. The largest absolute Gasteiger partial charge is 0.504 e. The van der Waals surface area contributed by atoms with Gasteiger partial charge in [0.2, 0.25) is 0 Å². The van der Waals surface area contributed by atoms with Crippen LogP contribution < -0.4 is 29.4 Å². The fraction of sp³-hybridized carbons (Fsp3) is 0.0930.